The molecule has 18 heavy (non-hydrogen) atoms. The third-order valence-corrected chi connectivity index (χ3v) is 4.69. The lowest BCUT2D eigenvalue weighted by Gasteiger charge is -2.12. The Morgan fingerprint density at radius 3 is 2.83 bits per heavy atom. The van der Waals surface area contributed by atoms with Crippen LogP contribution in [0, 0.1) is 6.92 Å². The Hall–Kier alpha value is -1.16. The molecule has 0 bridgehead atoms. The number of hydrogen-bond acceptors (Lipinski definition) is 3. The number of nitrogen functional groups attached to an aromatic ring is 1. The molecule has 1 saturated carbocycles. The van der Waals surface area contributed by atoms with Gasteiger partial charge >= 0.3 is 0 Å². The molecule has 0 spiro atoms. The fourth-order valence-corrected chi connectivity index (χ4v) is 3.41. The van der Waals surface area contributed by atoms with Crippen LogP contribution in [0.4, 0.5) is 11.4 Å². The van der Waals surface area contributed by atoms with Crippen molar-refractivity contribution in [2.45, 2.75) is 37.9 Å². The van der Waals surface area contributed by atoms with Crippen molar-refractivity contribution in [3.05, 3.63) is 23.8 Å². The van der Waals surface area contributed by atoms with Gasteiger partial charge in [0.2, 0.25) is 5.91 Å². The van der Waals surface area contributed by atoms with E-state index in [4.69, 9.17) is 5.73 Å². The summed E-state index contributed by atoms with van der Waals surface area (Å²) in [6.45, 7) is 1.95. The first kappa shape index (κ1) is 13.3. The van der Waals surface area contributed by atoms with E-state index in [1.807, 2.05) is 25.1 Å². The standard InChI is InChI=1S/C14H20N2OS/c1-10-5-4-8-12(15)14(10)16-13(17)9-18-11-6-2-3-7-11/h4-5,8,11H,2-3,6-7,9,15H2,1H3,(H,16,17). The topological polar surface area (TPSA) is 55.1 Å². The molecule has 3 N–H and O–H groups in total. The quantitative estimate of drug-likeness (QED) is 0.821. The highest BCUT2D eigenvalue weighted by molar-refractivity contribution is 8.00. The molecule has 0 heterocycles. The maximum Gasteiger partial charge on any atom is 0.234 e. The second-order valence-corrected chi connectivity index (χ2v) is 6.09. The van der Waals surface area contributed by atoms with E-state index in [1.54, 1.807) is 11.8 Å². The fourth-order valence-electron chi connectivity index (χ4n) is 2.29. The number of aryl methyl sites for hydroxylation is 1. The molecule has 1 aliphatic rings. The molecule has 1 fully saturated rings. The fraction of sp³-hybridized carbons (Fsp3) is 0.500. The molecule has 3 nitrogen and oxygen atoms in total. The Kier molecular flexibility index (Phi) is 4.53. The van der Waals surface area contributed by atoms with Crippen LogP contribution in [0.3, 0.4) is 0 Å². The van der Waals surface area contributed by atoms with Crippen LogP contribution in [0.25, 0.3) is 0 Å². The number of nitrogens with two attached hydrogens (primary N) is 1. The Morgan fingerprint density at radius 2 is 2.17 bits per heavy atom. The van der Waals surface area contributed by atoms with Gasteiger partial charge in [0.25, 0.3) is 0 Å². The first-order chi connectivity index (χ1) is 8.66. The van der Waals surface area contributed by atoms with E-state index in [-0.39, 0.29) is 5.91 Å². The third-order valence-electron chi connectivity index (χ3n) is 3.32. The lowest BCUT2D eigenvalue weighted by Crippen LogP contribution is -2.17. The number of carbonyl (C=O) groups is 1. The summed E-state index contributed by atoms with van der Waals surface area (Å²) in [5.74, 6) is 0.575. The predicted octanol–water partition coefficient (Wildman–Crippen LogP) is 3.19. The molecule has 0 radical (unpaired) electrons. The summed E-state index contributed by atoms with van der Waals surface area (Å²) in [7, 11) is 0. The zero-order valence-electron chi connectivity index (χ0n) is 10.7. The lowest BCUT2D eigenvalue weighted by molar-refractivity contribution is -0.113. The van der Waals surface area contributed by atoms with Gasteiger partial charge in [-0.2, -0.15) is 0 Å². The highest BCUT2D eigenvalue weighted by atomic mass is 32.2. The molecular formula is C14H20N2OS. The maximum absolute atomic E-state index is 11.9. The first-order valence-corrected chi connectivity index (χ1v) is 7.48. The zero-order valence-corrected chi connectivity index (χ0v) is 11.6. The Morgan fingerprint density at radius 1 is 1.44 bits per heavy atom. The molecular weight excluding hydrogens is 244 g/mol. The Balaban J connectivity index is 1.86. The largest absolute Gasteiger partial charge is 0.397 e. The van der Waals surface area contributed by atoms with Gasteiger partial charge in [-0.05, 0) is 31.4 Å². The molecule has 1 amide bonds. The molecule has 1 aromatic rings. The first-order valence-electron chi connectivity index (χ1n) is 6.43. The van der Waals surface area contributed by atoms with E-state index in [0.29, 0.717) is 16.7 Å². The number of hydrogen-bond donors (Lipinski definition) is 2. The molecule has 0 atom stereocenters. The number of para-hydroxylation sites is 1. The summed E-state index contributed by atoms with van der Waals surface area (Å²) in [4.78, 5) is 11.9. The van der Waals surface area contributed by atoms with Crippen LogP contribution in [0.1, 0.15) is 31.2 Å². The number of carbonyl (C=O) groups excluding carboxylic acids is 1. The smallest absolute Gasteiger partial charge is 0.234 e. The van der Waals surface area contributed by atoms with Crippen LogP contribution in [-0.4, -0.2) is 16.9 Å². The van der Waals surface area contributed by atoms with Crippen LogP contribution in [0.2, 0.25) is 0 Å². The summed E-state index contributed by atoms with van der Waals surface area (Å²) in [5.41, 5.74) is 8.27. The van der Waals surface area contributed by atoms with Crippen molar-refractivity contribution in [3.63, 3.8) is 0 Å². The van der Waals surface area contributed by atoms with E-state index in [2.05, 4.69) is 5.32 Å². The van der Waals surface area contributed by atoms with E-state index >= 15 is 0 Å². The van der Waals surface area contributed by atoms with Gasteiger partial charge in [0.15, 0.2) is 0 Å². The van der Waals surface area contributed by atoms with Gasteiger partial charge in [0.05, 0.1) is 17.1 Å². The van der Waals surface area contributed by atoms with Crippen LogP contribution >= 0.6 is 11.8 Å². The minimum Gasteiger partial charge on any atom is -0.397 e. The van der Waals surface area contributed by atoms with Crippen LogP contribution in [-0.2, 0) is 4.79 Å². The second-order valence-electron chi connectivity index (χ2n) is 4.80. The molecule has 0 saturated heterocycles. The second kappa shape index (κ2) is 6.14. The van der Waals surface area contributed by atoms with Crippen LogP contribution < -0.4 is 11.1 Å². The molecule has 1 aliphatic carbocycles. The summed E-state index contributed by atoms with van der Waals surface area (Å²) < 4.78 is 0. The number of nitrogens with one attached hydrogen (secondary N) is 1. The molecule has 0 unspecified atom stereocenters. The van der Waals surface area contributed by atoms with Gasteiger partial charge in [0.1, 0.15) is 0 Å². The highest BCUT2D eigenvalue weighted by Crippen LogP contribution is 2.29. The number of benzene rings is 1. The van der Waals surface area contributed by atoms with Gasteiger partial charge in [-0.25, -0.2) is 0 Å². The van der Waals surface area contributed by atoms with Gasteiger partial charge in [-0.1, -0.05) is 25.0 Å². The minimum absolute atomic E-state index is 0.0490. The molecule has 98 valence electrons. The lowest BCUT2D eigenvalue weighted by atomic mass is 10.1. The van der Waals surface area contributed by atoms with E-state index < -0.39 is 0 Å². The summed E-state index contributed by atoms with van der Waals surface area (Å²) in [5, 5.41) is 3.59. The van der Waals surface area contributed by atoms with Gasteiger partial charge < -0.3 is 11.1 Å². The Labute approximate surface area is 113 Å². The highest BCUT2D eigenvalue weighted by Gasteiger charge is 2.17. The molecule has 0 aliphatic heterocycles. The van der Waals surface area contributed by atoms with Gasteiger partial charge in [-0.3, -0.25) is 4.79 Å². The van der Waals surface area contributed by atoms with Crippen molar-refractivity contribution in [2.75, 3.05) is 16.8 Å². The van der Waals surface area contributed by atoms with Crippen molar-refractivity contribution in [3.8, 4) is 0 Å². The van der Waals surface area contributed by atoms with Crippen LogP contribution in [0.15, 0.2) is 18.2 Å². The summed E-state index contributed by atoms with van der Waals surface area (Å²) >= 11 is 1.77. The third kappa shape index (κ3) is 3.42. The number of amides is 1. The van der Waals surface area contributed by atoms with Crippen LogP contribution in [0.5, 0.6) is 0 Å². The molecule has 1 aromatic carbocycles. The van der Waals surface area contributed by atoms with E-state index in [1.165, 1.54) is 25.7 Å². The van der Waals surface area contributed by atoms with Crippen molar-refractivity contribution in [1.29, 1.82) is 0 Å². The minimum atomic E-state index is 0.0490. The molecule has 2 rings (SSSR count). The average molecular weight is 264 g/mol. The SMILES string of the molecule is Cc1cccc(N)c1NC(=O)CSC1CCCC1. The van der Waals surface area contributed by atoms with E-state index in [9.17, 15) is 4.79 Å². The van der Waals surface area contributed by atoms with Crippen molar-refractivity contribution in [2.24, 2.45) is 0 Å². The van der Waals surface area contributed by atoms with Crippen molar-refractivity contribution < 1.29 is 4.79 Å². The molecule has 0 aromatic heterocycles. The predicted molar refractivity (Wildman–Crippen MR) is 78.9 cm³/mol. The van der Waals surface area contributed by atoms with Gasteiger partial charge in [0, 0.05) is 5.25 Å². The van der Waals surface area contributed by atoms with Gasteiger partial charge in [-0.15, -0.1) is 11.8 Å². The zero-order chi connectivity index (χ0) is 13.0. The average Bonchev–Trinajstić information content (AvgIpc) is 2.84. The normalized spacial score (nSPS) is 15.8. The molecule has 4 heteroatoms. The Bertz CT molecular complexity index is 408. The number of thioether (sulfide) groups is 1. The van der Waals surface area contributed by atoms with Crippen molar-refractivity contribution in [1.82, 2.24) is 0 Å². The summed E-state index contributed by atoms with van der Waals surface area (Å²) in [6.07, 6.45) is 5.13. The summed E-state index contributed by atoms with van der Waals surface area (Å²) in [6, 6.07) is 5.66. The van der Waals surface area contributed by atoms with Crippen molar-refractivity contribution >= 4 is 29.0 Å². The van der Waals surface area contributed by atoms with E-state index in [0.717, 1.165) is 11.3 Å². The monoisotopic (exact) mass is 264 g/mol. The number of anilines is 2. The number of rotatable bonds is 4. The maximum atomic E-state index is 11.9.